The van der Waals surface area contributed by atoms with Crippen LogP contribution in [0.3, 0.4) is 0 Å². The molecule has 0 saturated heterocycles. The van der Waals surface area contributed by atoms with Gasteiger partial charge in [-0.15, -0.1) is 0 Å². The summed E-state index contributed by atoms with van der Waals surface area (Å²) in [6.45, 7) is 14.2. The van der Waals surface area contributed by atoms with Crippen molar-refractivity contribution in [2.24, 2.45) is 35.0 Å². The number of aryl methyl sites for hydroxylation is 1. The molecule has 0 aromatic heterocycles. The third kappa shape index (κ3) is 3.47. The van der Waals surface area contributed by atoms with Gasteiger partial charge in [-0.1, -0.05) is 101 Å². The van der Waals surface area contributed by atoms with Crippen molar-refractivity contribution in [3.63, 3.8) is 0 Å². The number of hydrogen-bond acceptors (Lipinski definition) is 0. The summed E-state index contributed by atoms with van der Waals surface area (Å²) < 4.78 is 0. The van der Waals surface area contributed by atoms with E-state index in [-0.39, 0.29) is 0 Å². The Morgan fingerprint density at radius 2 is 1.71 bits per heavy atom. The van der Waals surface area contributed by atoms with Gasteiger partial charge in [-0.2, -0.15) is 0 Å². The van der Waals surface area contributed by atoms with Crippen LogP contribution in [-0.2, 0) is 0 Å². The molecule has 0 aliphatic heterocycles. The van der Waals surface area contributed by atoms with E-state index in [1.54, 1.807) is 11.1 Å². The van der Waals surface area contributed by atoms with Crippen LogP contribution in [0.15, 0.2) is 71.9 Å². The van der Waals surface area contributed by atoms with E-state index < -0.39 is 0 Å². The topological polar surface area (TPSA) is 0 Å². The van der Waals surface area contributed by atoms with Crippen LogP contribution in [0.5, 0.6) is 0 Å². The lowest BCUT2D eigenvalue weighted by Gasteiger charge is -2.40. The van der Waals surface area contributed by atoms with Gasteiger partial charge >= 0.3 is 0 Å². The van der Waals surface area contributed by atoms with Crippen LogP contribution >= 0.6 is 0 Å². The highest BCUT2D eigenvalue weighted by molar-refractivity contribution is 5.47. The Bertz CT molecular complexity index is 854. The van der Waals surface area contributed by atoms with Crippen LogP contribution in [0.2, 0.25) is 0 Å². The van der Waals surface area contributed by atoms with Crippen molar-refractivity contribution in [1.82, 2.24) is 0 Å². The second kappa shape index (κ2) is 7.21. The van der Waals surface area contributed by atoms with Gasteiger partial charge in [0.05, 0.1) is 0 Å². The van der Waals surface area contributed by atoms with Crippen molar-refractivity contribution in [3.8, 4) is 0 Å². The van der Waals surface area contributed by atoms with Gasteiger partial charge in [0.15, 0.2) is 0 Å². The Morgan fingerprint density at radius 1 is 0.929 bits per heavy atom. The number of hydrogen-bond donors (Lipinski definition) is 0. The molecule has 0 radical (unpaired) electrons. The number of rotatable bonds is 1. The summed E-state index contributed by atoms with van der Waals surface area (Å²) in [5.74, 6) is 3.49. The fourth-order valence-electron chi connectivity index (χ4n) is 5.51. The molecule has 0 heteroatoms. The summed E-state index contributed by atoms with van der Waals surface area (Å²) in [5, 5.41) is 0. The van der Waals surface area contributed by atoms with Gasteiger partial charge < -0.3 is 0 Å². The number of allylic oxidation sites excluding steroid dienone is 8. The van der Waals surface area contributed by atoms with Crippen molar-refractivity contribution >= 4 is 0 Å². The third-order valence-electron chi connectivity index (χ3n) is 7.58. The molecule has 0 spiro atoms. The molecule has 0 saturated carbocycles. The molecular weight excluding hydrogens is 336 g/mol. The predicted molar refractivity (Wildman–Crippen MR) is 121 cm³/mol. The Labute approximate surface area is 172 Å². The standard InChI is InChI=1S/C28H36/c1-18-8-7-9-22(16-18)27-20(3)19(2)10-13-25-24-15-12-23(28(4,5)6)17-21(24)11-14-26(25)27/h7-16,19-20,23,25-27H,17H2,1-6H3. The van der Waals surface area contributed by atoms with Gasteiger partial charge in [-0.25, -0.2) is 0 Å². The molecule has 0 fully saturated rings. The third-order valence-corrected chi connectivity index (χ3v) is 7.58. The van der Waals surface area contributed by atoms with E-state index in [1.807, 2.05) is 0 Å². The molecule has 148 valence electrons. The molecule has 0 heterocycles. The summed E-state index contributed by atoms with van der Waals surface area (Å²) >= 11 is 0. The monoisotopic (exact) mass is 372 g/mol. The maximum atomic E-state index is 2.55. The molecule has 4 rings (SSSR count). The first-order valence-electron chi connectivity index (χ1n) is 11.1. The minimum absolute atomic E-state index is 0.326. The fourth-order valence-corrected chi connectivity index (χ4v) is 5.51. The van der Waals surface area contributed by atoms with Crippen LogP contribution in [0.1, 0.15) is 58.1 Å². The van der Waals surface area contributed by atoms with Crippen molar-refractivity contribution in [2.75, 3.05) is 0 Å². The Morgan fingerprint density at radius 3 is 2.43 bits per heavy atom. The van der Waals surface area contributed by atoms with Gasteiger partial charge in [0, 0.05) is 5.92 Å². The van der Waals surface area contributed by atoms with Crippen molar-refractivity contribution in [2.45, 2.75) is 53.9 Å². The Kier molecular flexibility index (Phi) is 5.02. The zero-order valence-electron chi connectivity index (χ0n) is 18.4. The summed E-state index contributed by atoms with van der Waals surface area (Å²) in [6.07, 6.45) is 16.2. The first kappa shape index (κ1) is 19.5. The highest BCUT2D eigenvalue weighted by Crippen LogP contribution is 2.50. The first-order valence-corrected chi connectivity index (χ1v) is 11.1. The normalized spacial score (nSPS) is 34.8. The van der Waals surface area contributed by atoms with E-state index in [0.717, 1.165) is 0 Å². The molecule has 1 aromatic rings. The van der Waals surface area contributed by atoms with Crippen LogP contribution in [0.25, 0.3) is 0 Å². The summed E-state index contributed by atoms with van der Waals surface area (Å²) in [7, 11) is 0. The second-order valence-corrected chi connectivity index (χ2v) is 10.5. The number of benzene rings is 1. The zero-order chi connectivity index (χ0) is 20.1. The fraction of sp³-hybridized carbons (Fsp3) is 0.500. The largest absolute Gasteiger partial charge is 0.0848 e. The SMILES string of the molecule is Cc1cccc(C2C(C)C(C)C=CC3C4=C(C=CC32)CC(C(C)(C)C)C=C4)c1. The molecule has 6 unspecified atom stereocenters. The van der Waals surface area contributed by atoms with Gasteiger partial charge in [0.2, 0.25) is 0 Å². The summed E-state index contributed by atoms with van der Waals surface area (Å²) in [4.78, 5) is 0. The predicted octanol–water partition coefficient (Wildman–Crippen LogP) is 7.64. The highest BCUT2D eigenvalue weighted by Gasteiger charge is 2.40. The quantitative estimate of drug-likeness (QED) is 0.444. The Hall–Kier alpha value is -1.82. The van der Waals surface area contributed by atoms with E-state index in [2.05, 4.69) is 102 Å². The molecule has 6 atom stereocenters. The molecule has 0 amide bonds. The van der Waals surface area contributed by atoms with E-state index in [1.165, 1.54) is 17.5 Å². The molecular formula is C28H36. The lowest BCUT2D eigenvalue weighted by Crippen LogP contribution is -2.29. The smallest absolute Gasteiger partial charge is 0.00896 e. The van der Waals surface area contributed by atoms with E-state index in [0.29, 0.717) is 40.9 Å². The van der Waals surface area contributed by atoms with Crippen molar-refractivity contribution < 1.29 is 0 Å². The van der Waals surface area contributed by atoms with Gasteiger partial charge in [-0.05, 0) is 65.1 Å². The Balaban J connectivity index is 1.73. The molecule has 0 N–H and O–H groups in total. The van der Waals surface area contributed by atoms with Crippen molar-refractivity contribution in [1.29, 1.82) is 0 Å². The lowest BCUT2D eigenvalue weighted by atomic mass is 9.64. The molecule has 28 heavy (non-hydrogen) atoms. The van der Waals surface area contributed by atoms with Crippen LogP contribution < -0.4 is 0 Å². The van der Waals surface area contributed by atoms with Crippen molar-refractivity contribution in [3.05, 3.63) is 83.0 Å². The lowest BCUT2D eigenvalue weighted by molar-refractivity contribution is 0.281. The second-order valence-electron chi connectivity index (χ2n) is 10.5. The van der Waals surface area contributed by atoms with Crippen LogP contribution in [0, 0.1) is 41.9 Å². The molecule has 0 nitrogen and oxygen atoms in total. The average Bonchev–Trinajstić information content (AvgIpc) is 2.77. The molecule has 1 aromatic carbocycles. The van der Waals surface area contributed by atoms with E-state index >= 15 is 0 Å². The van der Waals surface area contributed by atoms with E-state index in [9.17, 15) is 0 Å². The summed E-state index contributed by atoms with van der Waals surface area (Å²) in [5.41, 5.74) is 6.35. The minimum Gasteiger partial charge on any atom is -0.0848 e. The van der Waals surface area contributed by atoms with Gasteiger partial charge in [0.25, 0.3) is 0 Å². The van der Waals surface area contributed by atoms with Crippen LogP contribution in [-0.4, -0.2) is 0 Å². The first-order chi connectivity index (χ1) is 13.3. The zero-order valence-corrected chi connectivity index (χ0v) is 18.4. The molecule has 3 aliphatic rings. The summed E-state index contributed by atoms with van der Waals surface area (Å²) in [6, 6.07) is 9.23. The van der Waals surface area contributed by atoms with E-state index in [4.69, 9.17) is 0 Å². The maximum Gasteiger partial charge on any atom is 0.00896 e. The van der Waals surface area contributed by atoms with Gasteiger partial charge in [-0.3, -0.25) is 0 Å². The van der Waals surface area contributed by atoms with Gasteiger partial charge in [0.1, 0.15) is 0 Å². The molecule has 3 aliphatic carbocycles. The molecule has 0 bridgehead atoms. The van der Waals surface area contributed by atoms with Crippen LogP contribution in [0.4, 0.5) is 0 Å². The minimum atomic E-state index is 0.326. The highest BCUT2D eigenvalue weighted by atomic mass is 14.4. The maximum absolute atomic E-state index is 2.55. The number of fused-ring (bicyclic) bond motifs is 2. The average molecular weight is 373 g/mol.